The second-order valence-corrected chi connectivity index (χ2v) is 2.55. The topological polar surface area (TPSA) is 15.3 Å². The number of rotatable bonds is 0. The van der Waals surface area contributed by atoms with Crippen molar-refractivity contribution < 1.29 is 13.2 Å². The number of alkyl halides is 3. The van der Waals surface area contributed by atoms with E-state index >= 15 is 0 Å². The Hall–Kier alpha value is -0.290. The molecule has 0 aliphatic carbocycles. The van der Waals surface area contributed by atoms with Gasteiger partial charge in [-0.15, -0.1) is 0 Å². The zero-order chi connectivity index (χ0) is 7.78. The molecule has 0 aromatic heterocycles. The predicted molar refractivity (Wildman–Crippen MR) is 29.9 cm³/mol. The van der Waals surface area contributed by atoms with Gasteiger partial charge in [0.2, 0.25) is 0 Å². The molecule has 1 atom stereocenters. The van der Waals surface area contributed by atoms with Crippen LogP contribution in [0.1, 0.15) is 6.92 Å². The largest absolute Gasteiger partial charge is 0.473 e. The molecule has 1 heterocycles. The highest BCUT2D eigenvalue weighted by molar-refractivity contribution is 4.70. The van der Waals surface area contributed by atoms with E-state index in [1.807, 2.05) is 0 Å². The van der Waals surface area contributed by atoms with Gasteiger partial charge in [0.1, 0.15) is 0 Å². The first-order chi connectivity index (χ1) is 4.50. The van der Waals surface area contributed by atoms with Crippen LogP contribution in [0.25, 0.3) is 0 Å². The molecule has 1 unspecified atom stereocenters. The van der Waals surface area contributed by atoms with E-state index < -0.39 is 6.30 Å². The van der Waals surface area contributed by atoms with Crippen LogP contribution in [0.5, 0.6) is 0 Å². The summed E-state index contributed by atoms with van der Waals surface area (Å²) in [7, 11) is 0. The van der Waals surface area contributed by atoms with Crippen molar-refractivity contribution in [3.63, 3.8) is 0 Å². The molecule has 1 aliphatic rings. The molecule has 0 spiro atoms. The Morgan fingerprint density at radius 1 is 1.50 bits per heavy atom. The van der Waals surface area contributed by atoms with E-state index in [-0.39, 0.29) is 12.5 Å². The molecule has 5 heteroatoms. The lowest BCUT2D eigenvalue weighted by Crippen LogP contribution is -2.42. The van der Waals surface area contributed by atoms with Gasteiger partial charge in [0, 0.05) is 13.1 Å². The van der Waals surface area contributed by atoms with Crippen LogP contribution in [0.15, 0.2) is 0 Å². The highest BCUT2D eigenvalue weighted by Crippen LogP contribution is 2.22. The monoisotopic (exact) mass is 154 g/mol. The Labute approximate surface area is 57.0 Å². The van der Waals surface area contributed by atoms with Crippen molar-refractivity contribution in [2.24, 2.45) is 5.92 Å². The van der Waals surface area contributed by atoms with Crippen molar-refractivity contribution in [2.75, 3.05) is 13.1 Å². The van der Waals surface area contributed by atoms with Crippen LogP contribution >= 0.6 is 0 Å². The molecule has 0 radical (unpaired) electrons. The summed E-state index contributed by atoms with van der Waals surface area (Å²) in [5, 5.41) is 0.317. The summed E-state index contributed by atoms with van der Waals surface area (Å²) < 4.78 is 35.4. The van der Waals surface area contributed by atoms with Crippen molar-refractivity contribution in [1.82, 2.24) is 10.4 Å². The van der Waals surface area contributed by atoms with Gasteiger partial charge >= 0.3 is 6.30 Å². The highest BCUT2D eigenvalue weighted by Gasteiger charge is 2.40. The smallest absolute Gasteiger partial charge is 0.248 e. The quantitative estimate of drug-likeness (QED) is 0.523. The minimum Gasteiger partial charge on any atom is -0.248 e. The van der Waals surface area contributed by atoms with Gasteiger partial charge in [-0.1, -0.05) is 6.92 Å². The molecular formula is C5H9F3N2. The van der Waals surface area contributed by atoms with E-state index in [9.17, 15) is 13.2 Å². The molecule has 0 aromatic rings. The van der Waals surface area contributed by atoms with Crippen molar-refractivity contribution in [2.45, 2.75) is 13.2 Å². The second-order valence-electron chi connectivity index (χ2n) is 2.55. The minimum atomic E-state index is -4.22. The fraction of sp³-hybridized carbons (Fsp3) is 1.00. The Morgan fingerprint density at radius 2 is 2.10 bits per heavy atom. The molecule has 0 aromatic carbocycles. The SMILES string of the molecule is CC1CNN(C(F)(F)F)C1. The summed E-state index contributed by atoms with van der Waals surface area (Å²) >= 11 is 0. The molecule has 0 amide bonds. The number of halogens is 3. The van der Waals surface area contributed by atoms with Gasteiger partial charge in [-0.05, 0) is 5.92 Å². The van der Waals surface area contributed by atoms with Gasteiger partial charge in [-0.3, -0.25) is 0 Å². The maximum Gasteiger partial charge on any atom is 0.473 e. The molecule has 2 nitrogen and oxygen atoms in total. The Bertz CT molecular complexity index is 123. The fourth-order valence-electron chi connectivity index (χ4n) is 0.900. The summed E-state index contributed by atoms with van der Waals surface area (Å²) in [6.07, 6.45) is -4.22. The zero-order valence-electron chi connectivity index (χ0n) is 5.57. The van der Waals surface area contributed by atoms with Crippen LogP contribution in [0.4, 0.5) is 13.2 Å². The average Bonchev–Trinajstić information content (AvgIpc) is 2.11. The summed E-state index contributed by atoms with van der Waals surface area (Å²) in [5.41, 5.74) is 2.25. The van der Waals surface area contributed by atoms with E-state index in [2.05, 4.69) is 5.43 Å². The molecule has 1 saturated heterocycles. The summed E-state index contributed by atoms with van der Waals surface area (Å²) in [5.74, 6) is 0.0848. The zero-order valence-corrected chi connectivity index (χ0v) is 5.57. The van der Waals surface area contributed by atoms with Gasteiger partial charge in [0.05, 0.1) is 0 Å². The molecule has 0 bridgehead atoms. The number of hydrogen-bond donors (Lipinski definition) is 1. The Kier molecular flexibility index (Phi) is 1.87. The van der Waals surface area contributed by atoms with E-state index in [4.69, 9.17) is 0 Å². The van der Waals surface area contributed by atoms with Crippen LogP contribution in [-0.4, -0.2) is 24.4 Å². The lowest BCUT2D eigenvalue weighted by Gasteiger charge is -2.17. The molecule has 1 fully saturated rings. The van der Waals surface area contributed by atoms with Crippen molar-refractivity contribution >= 4 is 0 Å². The van der Waals surface area contributed by atoms with E-state index in [1.165, 1.54) is 0 Å². The third kappa shape index (κ3) is 1.60. The number of hydrazine groups is 1. The van der Waals surface area contributed by atoms with E-state index in [0.29, 0.717) is 11.6 Å². The molecule has 1 N–H and O–H groups in total. The van der Waals surface area contributed by atoms with Gasteiger partial charge in [-0.25, -0.2) is 5.43 Å². The standard InChI is InChI=1S/C5H9F3N2/c1-4-2-9-10(3-4)5(6,7)8/h4,9H,2-3H2,1H3. The minimum absolute atomic E-state index is 0.0590. The van der Waals surface area contributed by atoms with Crippen molar-refractivity contribution in [3.8, 4) is 0 Å². The summed E-state index contributed by atoms with van der Waals surface area (Å²) in [4.78, 5) is 0. The fourth-order valence-corrected chi connectivity index (χ4v) is 0.900. The van der Waals surface area contributed by atoms with Crippen molar-refractivity contribution in [3.05, 3.63) is 0 Å². The van der Waals surface area contributed by atoms with Crippen LogP contribution < -0.4 is 5.43 Å². The second kappa shape index (κ2) is 2.39. The number of hydrogen-bond acceptors (Lipinski definition) is 2. The van der Waals surface area contributed by atoms with Gasteiger partial charge in [0.15, 0.2) is 0 Å². The molecule has 0 saturated carbocycles. The molecule has 60 valence electrons. The lowest BCUT2D eigenvalue weighted by molar-refractivity contribution is -0.255. The third-order valence-corrected chi connectivity index (χ3v) is 1.43. The van der Waals surface area contributed by atoms with Crippen LogP contribution in [-0.2, 0) is 0 Å². The molecular weight excluding hydrogens is 145 g/mol. The lowest BCUT2D eigenvalue weighted by atomic mass is 10.2. The van der Waals surface area contributed by atoms with Crippen LogP contribution in [0, 0.1) is 5.92 Å². The Morgan fingerprint density at radius 3 is 2.30 bits per heavy atom. The summed E-state index contributed by atoms with van der Waals surface area (Å²) in [6.45, 7) is 2.25. The predicted octanol–water partition coefficient (Wildman–Crippen LogP) is 0.963. The number of nitrogens with zero attached hydrogens (tertiary/aromatic N) is 1. The highest BCUT2D eigenvalue weighted by atomic mass is 19.4. The molecule has 1 rings (SSSR count). The van der Waals surface area contributed by atoms with E-state index in [1.54, 1.807) is 6.92 Å². The maximum absolute atomic E-state index is 11.8. The Balaban J connectivity index is 2.45. The average molecular weight is 154 g/mol. The normalized spacial score (nSPS) is 29.4. The van der Waals surface area contributed by atoms with E-state index in [0.717, 1.165) is 0 Å². The summed E-state index contributed by atoms with van der Waals surface area (Å²) in [6, 6.07) is 0. The first kappa shape index (κ1) is 7.81. The van der Waals surface area contributed by atoms with Crippen LogP contribution in [0.3, 0.4) is 0 Å². The van der Waals surface area contributed by atoms with Crippen molar-refractivity contribution in [1.29, 1.82) is 0 Å². The van der Waals surface area contributed by atoms with Gasteiger partial charge in [-0.2, -0.15) is 18.2 Å². The number of nitrogens with one attached hydrogen (secondary N) is 1. The molecule has 10 heavy (non-hydrogen) atoms. The first-order valence-corrected chi connectivity index (χ1v) is 3.08. The first-order valence-electron chi connectivity index (χ1n) is 3.08. The van der Waals surface area contributed by atoms with Gasteiger partial charge < -0.3 is 0 Å². The maximum atomic E-state index is 11.8. The van der Waals surface area contributed by atoms with Gasteiger partial charge in [0.25, 0.3) is 0 Å². The molecule has 1 aliphatic heterocycles. The third-order valence-electron chi connectivity index (χ3n) is 1.43. The van der Waals surface area contributed by atoms with Crippen LogP contribution in [0.2, 0.25) is 0 Å².